The summed E-state index contributed by atoms with van der Waals surface area (Å²) in [5, 5.41) is 0. The van der Waals surface area contributed by atoms with Crippen molar-refractivity contribution in [2.24, 2.45) is 0 Å². The topological polar surface area (TPSA) is 84.3 Å². The molecule has 1 saturated heterocycles. The molecular formula is C22H24N6O2. The summed E-state index contributed by atoms with van der Waals surface area (Å²) >= 11 is 0. The second kappa shape index (κ2) is 8.44. The molecule has 0 saturated carbocycles. The summed E-state index contributed by atoms with van der Waals surface area (Å²) in [6.07, 6.45) is 8.65. The van der Waals surface area contributed by atoms with E-state index in [4.69, 9.17) is 9.72 Å². The Bertz CT molecular complexity index is 1020. The zero-order valence-corrected chi connectivity index (χ0v) is 17.3. The van der Waals surface area contributed by atoms with E-state index in [2.05, 4.69) is 15.0 Å². The van der Waals surface area contributed by atoms with E-state index in [0.29, 0.717) is 23.9 Å². The Morgan fingerprint density at radius 2 is 1.93 bits per heavy atom. The van der Waals surface area contributed by atoms with Gasteiger partial charge in [0.05, 0.1) is 24.4 Å². The number of hydrogen-bond acceptors (Lipinski definition) is 7. The molecular weight excluding hydrogens is 380 g/mol. The van der Waals surface area contributed by atoms with Crippen molar-refractivity contribution in [3.63, 3.8) is 0 Å². The number of carbonyl (C=O) groups excluding carboxylic acids is 1. The van der Waals surface area contributed by atoms with Gasteiger partial charge >= 0.3 is 0 Å². The molecule has 30 heavy (non-hydrogen) atoms. The molecule has 0 aromatic carbocycles. The van der Waals surface area contributed by atoms with Crippen LogP contribution in [0, 0.1) is 0 Å². The van der Waals surface area contributed by atoms with E-state index >= 15 is 0 Å². The zero-order chi connectivity index (χ0) is 21.1. The molecule has 0 unspecified atom stereocenters. The van der Waals surface area contributed by atoms with E-state index in [1.165, 1.54) is 0 Å². The van der Waals surface area contributed by atoms with Gasteiger partial charge in [-0.2, -0.15) is 0 Å². The molecule has 3 aromatic heterocycles. The molecule has 8 nitrogen and oxygen atoms in total. The van der Waals surface area contributed by atoms with Crippen molar-refractivity contribution in [2.75, 3.05) is 32.6 Å². The van der Waals surface area contributed by atoms with Gasteiger partial charge in [-0.25, -0.2) is 15.0 Å². The SMILES string of the molecule is COc1ccc(C(=O)N2CCC[C@@H]2c2nc(N(C)C)ncc2-c2ccncc2)cn1. The van der Waals surface area contributed by atoms with Gasteiger partial charge in [-0.15, -0.1) is 0 Å². The largest absolute Gasteiger partial charge is 0.481 e. The first-order chi connectivity index (χ1) is 14.6. The van der Waals surface area contributed by atoms with Crippen LogP contribution in [0.4, 0.5) is 5.95 Å². The number of anilines is 1. The number of pyridine rings is 2. The molecule has 1 atom stereocenters. The highest BCUT2D eigenvalue weighted by Gasteiger charge is 2.34. The predicted octanol–water partition coefficient (Wildman–Crippen LogP) is 2.99. The monoisotopic (exact) mass is 404 g/mol. The van der Waals surface area contributed by atoms with Gasteiger partial charge in [-0.3, -0.25) is 9.78 Å². The van der Waals surface area contributed by atoms with E-state index in [1.54, 1.807) is 37.8 Å². The van der Waals surface area contributed by atoms with Gasteiger partial charge in [0.15, 0.2) is 0 Å². The van der Waals surface area contributed by atoms with Gasteiger partial charge < -0.3 is 14.5 Å². The number of rotatable bonds is 5. The quantitative estimate of drug-likeness (QED) is 0.646. The lowest BCUT2D eigenvalue weighted by molar-refractivity contribution is 0.0732. The van der Waals surface area contributed by atoms with Crippen LogP contribution in [0.5, 0.6) is 5.88 Å². The number of hydrogen-bond donors (Lipinski definition) is 0. The molecule has 0 radical (unpaired) electrons. The lowest BCUT2D eigenvalue weighted by Gasteiger charge is -2.27. The van der Waals surface area contributed by atoms with E-state index in [1.807, 2.05) is 42.2 Å². The van der Waals surface area contributed by atoms with Crippen molar-refractivity contribution in [2.45, 2.75) is 18.9 Å². The number of amides is 1. The minimum absolute atomic E-state index is 0.0571. The number of methoxy groups -OCH3 is 1. The summed E-state index contributed by atoms with van der Waals surface area (Å²) in [5.41, 5.74) is 3.29. The van der Waals surface area contributed by atoms with Crippen LogP contribution in [0.15, 0.2) is 49.1 Å². The molecule has 3 aromatic rings. The third-order valence-electron chi connectivity index (χ3n) is 5.22. The number of aromatic nitrogens is 4. The summed E-state index contributed by atoms with van der Waals surface area (Å²) in [5.74, 6) is 1.04. The third kappa shape index (κ3) is 3.80. The molecule has 4 rings (SSSR count). The summed E-state index contributed by atoms with van der Waals surface area (Å²) < 4.78 is 5.10. The normalized spacial score (nSPS) is 15.8. The van der Waals surface area contributed by atoms with Crippen LogP contribution in [-0.2, 0) is 0 Å². The van der Waals surface area contributed by atoms with Crippen molar-refractivity contribution in [1.82, 2.24) is 24.8 Å². The fraction of sp³-hybridized carbons (Fsp3) is 0.318. The maximum atomic E-state index is 13.3. The Hall–Kier alpha value is -3.55. The minimum atomic E-state index is -0.135. The van der Waals surface area contributed by atoms with Gasteiger partial charge in [-0.05, 0) is 36.6 Å². The molecule has 154 valence electrons. The van der Waals surface area contributed by atoms with Crippen molar-refractivity contribution < 1.29 is 9.53 Å². The zero-order valence-electron chi connectivity index (χ0n) is 17.3. The average Bonchev–Trinajstić information content (AvgIpc) is 3.28. The molecule has 1 aliphatic heterocycles. The van der Waals surface area contributed by atoms with Crippen LogP contribution in [0.1, 0.15) is 34.9 Å². The van der Waals surface area contributed by atoms with Gasteiger partial charge in [-0.1, -0.05) is 0 Å². The summed E-state index contributed by atoms with van der Waals surface area (Å²) in [6, 6.07) is 7.19. The number of nitrogens with zero attached hydrogens (tertiary/aromatic N) is 6. The van der Waals surface area contributed by atoms with Crippen LogP contribution >= 0.6 is 0 Å². The van der Waals surface area contributed by atoms with Gasteiger partial charge in [0, 0.05) is 57.1 Å². The molecule has 8 heteroatoms. The molecule has 4 heterocycles. The smallest absolute Gasteiger partial charge is 0.255 e. The summed E-state index contributed by atoms with van der Waals surface area (Å²) in [7, 11) is 5.37. The Labute approximate surface area is 175 Å². The highest BCUT2D eigenvalue weighted by Crippen LogP contribution is 2.37. The van der Waals surface area contributed by atoms with E-state index in [9.17, 15) is 4.79 Å². The van der Waals surface area contributed by atoms with Crippen LogP contribution in [0.2, 0.25) is 0 Å². The van der Waals surface area contributed by atoms with E-state index in [-0.39, 0.29) is 11.9 Å². The molecule has 1 amide bonds. The predicted molar refractivity (Wildman–Crippen MR) is 113 cm³/mol. The van der Waals surface area contributed by atoms with Crippen molar-refractivity contribution >= 4 is 11.9 Å². The first-order valence-electron chi connectivity index (χ1n) is 9.84. The minimum Gasteiger partial charge on any atom is -0.481 e. The second-order valence-electron chi connectivity index (χ2n) is 7.35. The van der Waals surface area contributed by atoms with Crippen molar-refractivity contribution in [3.8, 4) is 17.0 Å². The van der Waals surface area contributed by atoms with Crippen molar-refractivity contribution in [1.29, 1.82) is 0 Å². The fourth-order valence-corrected chi connectivity index (χ4v) is 3.70. The van der Waals surface area contributed by atoms with E-state index < -0.39 is 0 Å². The number of likely N-dealkylation sites (tertiary alicyclic amines) is 1. The lowest BCUT2D eigenvalue weighted by Crippen LogP contribution is -2.31. The average molecular weight is 404 g/mol. The maximum Gasteiger partial charge on any atom is 0.255 e. The van der Waals surface area contributed by atoms with Gasteiger partial charge in [0.1, 0.15) is 0 Å². The number of ether oxygens (including phenoxy) is 1. The Morgan fingerprint density at radius 3 is 2.60 bits per heavy atom. The highest BCUT2D eigenvalue weighted by molar-refractivity contribution is 5.94. The molecule has 0 bridgehead atoms. The first kappa shape index (κ1) is 19.8. The van der Waals surface area contributed by atoms with Gasteiger partial charge in [0.2, 0.25) is 11.8 Å². The molecule has 0 spiro atoms. The Balaban J connectivity index is 1.73. The first-order valence-corrected chi connectivity index (χ1v) is 9.84. The van der Waals surface area contributed by atoms with Crippen LogP contribution in [0.25, 0.3) is 11.1 Å². The Morgan fingerprint density at radius 1 is 1.13 bits per heavy atom. The van der Waals surface area contributed by atoms with Crippen LogP contribution < -0.4 is 9.64 Å². The molecule has 1 fully saturated rings. The highest BCUT2D eigenvalue weighted by atomic mass is 16.5. The van der Waals surface area contributed by atoms with Crippen LogP contribution in [-0.4, -0.2) is 58.5 Å². The summed E-state index contributed by atoms with van der Waals surface area (Å²) in [4.78, 5) is 34.7. The van der Waals surface area contributed by atoms with Crippen LogP contribution in [0.3, 0.4) is 0 Å². The number of carbonyl (C=O) groups is 1. The molecule has 0 N–H and O–H groups in total. The maximum absolute atomic E-state index is 13.3. The third-order valence-corrected chi connectivity index (χ3v) is 5.22. The summed E-state index contributed by atoms with van der Waals surface area (Å²) in [6.45, 7) is 0.673. The standard InChI is InChI=1S/C22H24N6O2/c1-27(2)22-25-14-17(15-8-10-23-11-9-15)20(26-22)18-5-4-12-28(18)21(29)16-6-7-19(30-3)24-13-16/h6-11,13-14,18H,4-5,12H2,1-3H3/t18-/m1/s1. The molecule has 1 aliphatic rings. The fourth-order valence-electron chi connectivity index (χ4n) is 3.70. The lowest BCUT2D eigenvalue weighted by atomic mass is 10.0. The van der Waals surface area contributed by atoms with Crippen molar-refractivity contribution in [3.05, 3.63) is 60.3 Å². The van der Waals surface area contributed by atoms with Gasteiger partial charge in [0.25, 0.3) is 5.91 Å². The van der Waals surface area contributed by atoms with E-state index in [0.717, 1.165) is 29.7 Å². The second-order valence-corrected chi connectivity index (χ2v) is 7.35. The Kier molecular flexibility index (Phi) is 5.56. The molecule has 0 aliphatic carbocycles.